The van der Waals surface area contributed by atoms with Gasteiger partial charge in [0.15, 0.2) is 0 Å². The highest BCUT2D eigenvalue weighted by atomic mass is 16.5. The van der Waals surface area contributed by atoms with Crippen molar-refractivity contribution < 1.29 is 13.9 Å². The lowest BCUT2D eigenvalue weighted by molar-refractivity contribution is -0.120. The van der Waals surface area contributed by atoms with Gasteiger partial charge in [-0.2, -0.15) is 0 Å². The van der Waals surface area contributed by atoms with Gasteiger partial charge in [0.2, 0.25) is 5.91 Å². The van der Waals surface area contributed by atoms with Crippen LogP contribution in [-0.4, -0.2) is 61.6 Å². The van der Waals surface area contributed by atoms with Crippen LogP contribution >= 0.6 is 0 Å². The van der Waals surface area contributed by atoms with Crippen molar-refractivity contribution in [2.45, 2.75) is 12.6 Å². The highest BCUT2D eigenvalue weighted by Crippen LogP contribution is 2.20. The number of furan rings is 1. The number of hydrogen-bond acceptors (Lipinski definition) is 5. The van der Waals surface area contributed by atoms with Gasteiger partial charge in [-0.15, -0.1) is 0 Å². The third-order valence-electron chi connectivity index (χ3n) is 4.04. The second-order valence-electron chi connectivity index (χ2n) is 6.14. The molecule has 1 atom stereocenters. The third-order valence-corrected chi connectivity index (χ3v) is 4.04. The lowest BCUT2D eigenvalue weighted by atomic mass is 10.2. The van der Waals surface area contributed by atoms with E-state index >= 15 is 0 Å². The second kappa shape index (κ2) is 7.12. The van der Waals surface area contributed by atoms with E-state index in [4.69, 9.17) is 14.9 Å². The van der Waals surface area contributed by atoms with E-state index in [1.165, 1.54) is 0 Å². The number of amides is 1. The molecule has 1 aromatic carbocycles. The molecule has 0 saturated carbocycles. The van der Waals surface area contributed by atoms with Gasteiger partial charge < -0.3 is 19.8 Å². The minimum atomic E-state index is -0.342. The molecule has 2 aromatic rings. The Morgan fingerprint density at radius 1 is 1.43 bits per heavy atom. The van der Waals surface area contributed by atoms with Crippen LogP contribution in [0.15, 0.2) is 34.7 Å². The number of primary amides is 1. The highest BCUT2D eigenvalue weighted by Gasteiger charge is 2.22. The Bertz CT molecular complexity index is 637. The summed E-state index contributed by atoms with van der Waals surface area (Å²) in [6, 6.07) is 9.89. The van der Waals surface area contributed by atoms with Crippen LogP contribution in [0.2, 0.25) is 0 Å². The van der Waals surface area contributed by atoms with Gasteiger partial charge in [-0.3, -0.25) is 9.69 Å². The summed E-state index contributed by atoms with van der Waals surface area (Å²) < 4.78 is 11.6. The Kier molecular flexibility index (Phi) is 4.95. The van der Waals surface area contributed by atoms with Crippen LogP contribution in [-0.2, 0) is 16.1 Å². The van der Waals surface area contributed by atoms with Crippen LogP contribution in [0.3, 0.4) is 0 Å². The van der Waals surface area contributed by atoms with Gasteiger partial charge in [-0.25, -0.2) is 0 Å². The molecule has 1 saturated heterocycles. The summed E-state index contributed by atoms with van der Waals surface area (Å²) in [4.78, 5) is 15.6. The van der Waals surface area contributed by atoms with Crippen LogP contribution in [0.1, 0.15) is 5.76 Å². The quantitative estimate of drug-likeness (QED) is 0.862. The lowest BCUT2D eigenvalue weighted by Gasteiger charge is -2.33. The number of fused-ring (bicyclic) bond motifs is 1. The van der Waals surface area contributed by atoms with Crippen molar-refractivity contribution in [3.8, 4) is 0 Å². The predicted octanol–water partition coefficient (Wildman–Crippen LogP) is 1.05. The van der Waals surface area contributed by atoms with Crippen molar-refractivity contribution in [1.29, 1.82) is 0 Å². The number of nitrogens with two attached hydrogens (primary N) is 1. The maximum atomic E-state index is 11.4. The van der Waals surface area contributed by atoms with Crippen molar-refractivity contribution in [2.75, 3.05) is 39.8 Å². The number of carbonyl (C=O) groups excluding carboxylic acids is 1. The van der Waals surface area contributed by atoms with Gasteiger partial charge in [0.25, 0.3) is 0 Å². The molecule has 0 aliphatic carbocycles. The van der Waals surface area contributed by atoms with Crippen molar-refractivity contribution in [2.24, 2.45) is 5.73 Å². The molecule has 0 spiro atoms. The molecule has 0 radical (unpaired) electrons. The first-order valence-corrected chi connectivity index (χ1v) is 7.88. The number of para-hydroxylation sites is 1. The molecule has 6 nitrogen and oxygen atoms in total. The fourth-order valence-corrected chi connectivity index (χ4v) is 3.01. The second-order valence-corrected chi connectivity index (χ2v) is 6.14. The third kappa shape index (κ3) is 4.31. The Morgan fingerprint density at radius 3 is 3.00 bits per heavy atom. The molecular formula is C17H23N3O3. The van der Waals surface area contributed by atoms with E-state index in [0.29, 0.717) is 13.1 Å². The molecule has 2 N–H and O–H groups in total. The number of rotatable bonds is 6. The van der Waals surface area contributed by atoms with Crippen LogP contribution in [0.25, 0.3) is 11.0 Å². The SMILES string of the molecule is CN1CCO[C@@H](CN(CC(N)=O)Cc2cc3ccccc3o2)C1. The number of hydrogen-bond donors (Lipinski definition) is 1. The fourth-order valence-electron chi connectivity index (χ4n) is 3.01. The van der Waals surface area contributed by atoms with Crippen LogP contribution in [0, 0.1) is 0 Å². The predicted molar refractivity (Wildman–Crippen MR) is 87.9 cm³/mol. The summed E-state index contributed by atoms with van der Waals surface area (Å²) in [5, 5.41) is 1.06. The molecule has 1 amide bonds. The van der Waals surface area contributed by atoms with E-state index in [-0.39, 0.29) is 18.6 Å². The zero-order valence-electron chi connectivity index (χ0n) is 13.4. The van der Waals surface area contributed by atoms with E-state index in [0.717, 1.165) is 36.4 Å². The average Bonchev–Trinajstić information content (AvgIpc) is 2.88. The van der Waals surface area contributed by atoms with E-state index < -0.39 is 0 Å². The lowest BCUT2D eigenvalue weighted by Crippen LogP contribution is -2.47. The summed E-state index contributed by atoms with van der Waals surface area (Å²) in [5.74, 6) is 0.488. The Labute approximate surface area is 135 Å². The maximum Gasteiger partial charge on any atom is 0.231 e. The number of morpholine rings is 1. The molecule has 0 unspecified atom stereocenters. The monoisotopic (exact) mass is 317 g/mol. The number of likely N-dealkylation sites (N-methyl/N-ethyl adjacent to an activating group) is 1. The molecule has 23 heavy (non-hydrogen) atoms. The van der Waals surface area contributed by atoms with Gasteiger partial charge in [0.05, 0.1) is 25.8 Å². The molecular weight excluding hydrogens is 294 g/mol. The number of benzene rings is 1. The summed E-state index contributed by atoms with van der Waals surface area (Å²) in [6.07, 6.45) is 0.0810. The molecule has 6 heteroatoms. The van der Waals surface area contributed by atoms with Crippen molar-refractivity contribution >= 4 is 16.9 Å². The fraction of sp³-hybridized carbons (Fsp3) is 0.471. The number of ether oxygens (including phenoxy) is 1. The molecule has 1 aliphatic heterocycles. The Balaban J connectivity index is 1.69. The van der Waals surface area contributed by atoms with Crippen LogP contribution < -0.4 is 5.73 Å². The van der Waals surface area contributed by atoms with E-state index in [9.17, 15) is 4.79 Å². The highest BCUT2D eigenvalue weighted by molar-refractivity contribution is 5.78. The molecule has 1 fully saturated rings. The van der Waals surface area contributed by atoms with Gasteiger partial charge in [0, 0.05) is 25.0 Å². The van der Waals surface area contributed by atoms with E-state index in [2.05, 4.69) is 11.9 Å². The minimum Gasteiger partial charge on any atom is -0.460 e. The normalized spacial score (nSPS) is 19.5. The number of carbonyl (C=O) groups is 1. The zero-order valence-corrected chi connectivity index (χ0v) is 13.4. The molecule has 0 bridgehead atoms. The van der Waals surface area contributed by atoms with Gasteiger partial charge in [0.1, 0.15) is 11.3 Å². The minimum absolute atomic E-state index is 0.0810. The smallest absolute Gasteiger partial charge is 0.231 e. The first-order chi connectivity index (χ1) is 11.1. The van der Waals surface area contributed by atoms with E-state index in [1.807, 2.05) is 35.2 Å². The Hall–Kier alpha value is -1.89. The molecule has 3 rings (SSSR count). The summed E-state index contributed by atoms with van der Waals surface area (Å²) in [6.45, 7) is 3.91. The van der Waals surface area contributed by atoms with Gasteiger partial charge in [-0.05, 0) is 19.2 Å². The molecule has 1 aromatic heterocycles. The topological polar surface area (TPSA) is 71.9 Å². The largest absolute Gasteiger partial charge is 0.460 e. The standard InChI is InChI=1S/C17H23N3O3/c1-19-6-7-22-15(9-19)11-20(12-17(18)21)10-14-8-13-4-2-3-5-16(13)23-14/h2-5,8,15H,6-7,9-12H2,1H3,(H2,18,21)/t15-/m1/s1. The van der Waals surface area contributed by atoms with E-state index in [1.54, 1.807) is 0 Å². The summed E-state index contributed by atoms with van der Waals surface area (Å²) in [5.41, 5.74) is 6.25. The summed E-state index contributed by atoms with van der Waals surface area (Å²) in [7, 11) is 2.08. The molecule has 2 heterocycles. The number of nitrogens with zero attached hydrogens (tertiary/aromatic N) is 2. The van der Waals surface area contributed by atoms with Crippen molar-refractivity contribution in [3.05, 3.63) is 36.1 Å². The first kappa shape index (κ1) is 16.0. The Morgan fingerprint density at radius 2 is 2.26 bits per heavy atom. The summed E-state index contributed by atoms with van der Waals surface area (Å²) >= 11 is 0. The van der Waals surface area contributed by atoms with Gasteiger partial charge >= 0.3 is 0 Å². The van der Waals surface area contributed by atoms with Crippen LogP contribution in [0.4, 0.5) is 0 Å². The molecule has 1 aliphatic rings. The van der Waals surface area contributed by atoms with Crippen molar-refractivity contribution in [3.63, 3.8) is 0 Å². The van der Waals surface area contributed by atoms with Crippen molar-refractivity contribution in [1.82, 2.24) is 9.80 Å². The van der Waals surface area contributed by atoms with Crippen LogP contribution in [0.5, 0.6) is 0 Å². The first-order valence-electron chi connectivity index (χ1n) is 7.88. The average molecular weight is 317 g/mol. The maximum absolute atomic E-state index is 11.4. The zero-order chi connectivity index (χ0) is 16.2. The van der Waals surface area contributed by atoms with Gasteiger partial charge in [-0.1, -0.05) is 18.2 Å². The molecule has 124 valence electrons.